The summed E-state index contributed by atoms with van der Waals surface area (Å²) in [6.45, 7) is 4.79. The molecule has 118 valence electrons. The molecule has 0 bridgehead atoms. The molecule has 0 aromatic heterocycles. The summed E-state index contributed by atoms with van der Waals surface area (Å²) in [7, 11) is -3.67. The van der Waals surface area contributed by atoms with Crippen LogP contribution in [0.25, 0.3) is 0 Å². The molecule has 21 heavy (non-hydrogen) atoms. The van der Waals surface area contributed by atoms with Crippen LogP contribution in [0.5, 0.6) is 0 Å². The van der Waals surface area contributed by atoms with Crippen molar-refractivity contribution in [2.45, 2.75) is 38.0 Å². The number of non-ortho nitro benzene ring substituents is 1. The maximum absolute atomic E-state index is 12.3. The van der Waals surface area contributed by atoms with E-state index in [1.165, 1.54) is 18.2 Å². The van der Waals surface area contributed by atoms with Crippen LogP contribution in [0.2, 0.25) is 0 Å². The van der Waals surface area contributed by atoms with Crippen molar-refractivity contribution in [2.75, 3.05) is 18.4 Å². The normalized spacial score (nSPS) is 11.3. The van der Waals surface area contributed by atoms with Gasteiger partial charge in [0, 0.05) is 25.2 Å². The van der Waals surface area contributed by atoms with Crippen molar-refractivity contribution in [1.29, 1.82) is 0 Å². The van der Waals surface area contributed by atoms with Gasteiger partial charge >= 0.3 is 0 Å². The van der Waals surface area contributed by atoms with E-state index in [2.05, 4.69) is 10.0 Å². The van der Waals surface area contributed by atoms with Crippen LogP contribution in [0.4, 0.5) is 11.4 Å². The lowest BCUT2D eigenvalue weighted by atomic mass is 10.2. The molecule has 0 unspecified atom stereocenters. The van der Waals surface area contributed by atoms with Gasteiger partial charge in [-0.2, -0.15) is 0 Å². The molecule has 1 rings (SSSR count). The summed E-state index contributed by atoms with van der Waals surface area (Å²) in [5.74, 6) is 0. The molecule has 1 aromatic carbocycles. The van der Waals surface area contributed by atoms with Gasteiger partial charge < -0.3 is 5.32 Å². The van der Waals surface area contributed by atoms with Crippen LogP contribution in [-0.2, 0) is 10.0 Å². The number of nitrogens with one attached hydrogen (secondary N) is 2. The third-order valence-corrected chi connectivity index (χ3v) is 4.37. The highest BCUT2D eigenvalue weighted by molar-refractivity contribution is 7.89. The molecule has 0 atom stereocenters. The molecule has 1 aromatic rings. The molecule has 0 saturated heterocycles. The summed E-state index contributed by atoms with van der Waals surface area (Å²) >= 11 is 0. The number of nitro benzene ring substituents is 1. The summed E-state index contributed by atoms with van der Waals surface area (Å²) in [5, 5.41) is 13.7. The summed E-state index contributed by atoms with van der Waals surface area (Å²) in [6, 6.07) is 3.72. The monoisotopic (exact) mass is 315 g/mol. The van der Waals surface area contributed by atoms with E-state index in [0.29, 0.717) is 13.1 Å². The average Bonchev–Trinajstić information content (AvgIpc) is 2.44. The molecular weight excluding hydrogens is 294 g/mol. The summed E-state index contributed by atoms with van der Waals surface area (Å²) < 4.78 is 27.0. The first-order valence-corrected chi connectivity index (χ1v) is 8.42. The number of nitrogens with zero attached hydrogens (tertiary/aromatic N) is 1. The number of hydrogen-bond donors (Lipinski definition) is 2. The van der Waals surface area contributed by atoms with Gasteiger partial charge in [-0.25, -0.2) is 13.1 Å². The van der Waals surface area contributed by atoms with Crippen molar-refractivity contribution in [3.05, 3.63) is 28.3 Å². The number of unbranched alkanes of at least 4 members (excludes halogenated alkanes) is 1. The fourth-order valence-corrected chi connectivity index (χ4v) is 2.96. The van der Waals surface area contributed by atoms with Crippen LogP contribution < -0.4 is 10.0 Å². The highest BCUT2D eigenvalue weighted by atomic mass is 32.2. The van der Waals surface area contributed by atoms with Crippen LogP contribution in [0.15, 0.2) is 23.1 Å². The van der Waals surface area contributed by atoms with E-state index >= 15 is 0 Å². The fourth-order valence-electron chi connectivity index (χ4n) is 1.72. The van der Waals surface area contributed by atoms with Gasteiger partial charge in [0.15, 0.2) is 0 Å². The van der Waals surface area contributed by atoms with Crippen molar-refractivity contribution in [3.8, 4) is 0 Å². The van der Waals surface area contributed by atoms with Crippen LogP contribution in [-0.4, -0.2) is 26.4 Å². The minimum atomic E-state index is -3.67. The lowest BCUT2D eigenvalue weighted by molar-refractivity contribution is -0.384. The molecule has 0 aliphatic rings. The molecule has 0 saturated carbocycles. The van der Waals surface area contributed by atoms with Crippen molar-refractivity contribution in [3.63, 3.8) is 0 Å². The Hall–Kier alpha value is -1.67. The first kappa shape index (κ1) is 17.4. The van der Waals surface area contributed by atoms with E-state index in [1.807, 2.05) is 13.8 Å². The Balaban J connectivity index is 3.11. The second-order valence-corrected chi connectivity index (χ2v) is 6.35. The van der Waals surface area contributed by atoms with E-state index in [4.69, 9.17) is 0 Å². The van der Waals surface area contributed by atoms with Crippen molar-refractivity contribution in [2.24, 2.45) is 0 Å². The van der Waals surface area contributed by atoms with Crippen LogP contribution in [0.1, 0.15) is 33.1 Å². The van der Waals surface area contributed by atoms with Gasteiger partial charge in [-0.3, -0.25) is 10.1 Å². The number of hydrogen-bond acceptors (Lipinski definition) is 5. The van der Waals surface area contributed by atoms with Crippen molar-refractivity contribution >= 4 is 21.4 Å². The van der Waals surface area contributed by atoms with Gasteiger partial charge in [0.25, 0.3) is 5.69 Å². The summed E-state index contributed by atoms with van der Waals surface area (Å²) in [4.78, 5) is 10.3. The number of sulfonamides is 1. The lowest BCUT2D eigenvalue weighted by Gasteiger charge is -2.12. The fraction of sp³-hybridized carbons (Fsp3) is 0.538. The Kier molecular flexibility index (Phi) is 6.57. The van der Waals surface area contributed by atoms with Gasteiger partial charge in [0.1, 0.15) is 4.90 Å². The van der Waals surface area contributed by atoms with Gasteiger partial charge in [0.05, 0.1) is 10.6 Å². The standard InChI is InChI=1S/C13H21N3O4S/c1-3-5-9-15-21(19,20)13-7-6-11(16(17)18)10-12(13)14-8-4-2/h6-7,10,14-15H,3-5,8-9H2,1-2H3. The summed E-state index contributed by atoms with van der Waals surface area (Å²) in [6.07, 6.45) is 2.40. The van der Waals surface area contributed by atoms with E-state index < -0.39 is 14.9 Å². The average molecular weight is 315 g/mol. The first-order valence-electron chi connectivity index (χ1n) is 6.94. The smallest absolute Gasteiger partial charge is 0.271 e. The molecule has 0 aliphatic heterocycles. The Labute approximate surface area is 124 Å². The minimum Gasteiger partial charge on any atom is -0.384 e. The molecule has 0 radical (unpaired) electrons. The molecule has 0 aliphatic carbocycles. The highest BCUT2D eigenvalue weighted by Gasteiger charge is 2.20. The largest absolute Gasteiger partial charge is 0.384 e. The van der Waals surface area contributed by atoms with Crippen LogP contribution in [0, 0.1) is 10.1 Å². The maximum atomic E-state index is 12.3. The van der Waals surface area contributed by atoms with Crippen molar-refractivity contribution in [1.82, 2.24) is 4.72 Å². The van der Waals surface area contributed by atoms with Crippen LogP contribution in [0.3, 0.4) is 0 Å². The zero-order chi connectivity index (χ0) is 15.9. The number of benzene rings is 1. The van der Waals surface area contributed by atoms with E-state index in [9.17, 15) is 18.5 Å². The zero-order valence-electron chi connectivity index (χ0n) is 12.3. The molecule has 0 fully saturated rings. The molecule has 0 heterocycles. The lowest BCUT2D eigenvalue weighted by Crippen LogP contribution is -2.25. The Bertz CT molecular complexity index is 587. The van der Waals surface area contributed by atoms with E-state index in [-0.39, 0.29) is 16.3 Å². The van der Waals surface area contributed by atoms with Crippen molar-refractivity contribution < 1.29 is 13.3 Å². The molecule has 7 nitrogen and oxygen atoms in total. The van der Waals surface area contributed by atoms with Gasteiger partial charge in [0.2, 0.25) is 10.0 Å². The predicted molar refractivity (Wildman–Crippen MR) is 82.0 cm³/mol. The quantitative estimate of drug-likeness (QED) is 0.414. The van der Waals surface area contributed by atoms with Gasteiger partial charge in [-0.1, -0.05) is 20.3 Å². The Morgan fingerprint density at radius 1 is 1.19 bits per heavy atom. The molecular formula is C13H21N3O4S. The first-order chi connectivity index (χ1) is 9.92. The highest BCUT2D eigenvalue weighted by Crippen LogP contribution is 2.26. The van der Waals surface area contributed by atoms with E-state index in [1.54, 1.807) is 0 Å². The van der Waals surface area contributed by atoms with Gasteiger partial charge in [-0.15, -0.1) is 0 Å². The van der Waals surface area contributed by atoms with Crippen LogP contribution >= 0.6 is 0 Å². The number of rotatable bonds is 9. The third-order valence-electron chi connectivity index (χ3n) is 2.85. The molecule has 0 amide bonds. The number of anilines is 1. The van der Waals surface area contributed by atoms with Gasteiger partial charge in [-0.05, 0) is 18.9 Å². The Morgan fingerprint density at radius 3 is 2.48 bits per heavy atom. The summed E-state index contributed by atoms with van der Waals surface area (Å²) in [5.41, 5.74) is 0.121. The molecule has 8 heteroatoms. The topological polar surface area (TPSA) is 101 Å². The Morgan fingerprint density at radius 2 is 1.90 bits per heavy atom. The maximum Gasteiger partial charge on any atom is 0.271 e. The second kappa shape index (κ2) is 7.94. The molecule has 2 N–H and O–H groups in total. The zero-order valence-corrected chi connectivity index (χ0v) is 13.1. The number of nitro groups is 1. The molecule has 0 spiro atoms. The van der Waals surface area contributed by atoms with E-state index in [0.717, 1.165) is 19.3 Å². The third kappa shape index (κ3) is 4.98. The predicted octanol–water partition coefficient (Wildman–Crippen LogP) is 2.50. The SMILES string of the molecule is CCCCNS(=O)(=O)c1ccc([N+](=O)[O-])cc1NCCC. The second-order valence-electron chi connectivity index (χ2n) is 4.62. The minimum absolute atomic E-state index is 0.0395.